The summed E-state index contributed by atoms with van der Waals surface area (Å²) < 4.78 is 0. The number of amides is 3. The van der Waals surface area contributed by atoms with Crippen molar-refractivity contribution in [3.05, 3.63) is 0 Å². The molecule has 0 aromatic heterocycles. The van der Waals surface area contributed by atoms with Crippen molar-refractivity contribution in [3.8, 4) is 0 Å². The zero-order valence-electron chi connectivity index (χ0n) is 26.4. The maximum Gasteiger partial charge on any atom is 0.254 e. The summed E-state index contributed by atoms with van der Waals surface area (Å²) in [5.41, 5.74) is 0. The Morgan fingerprint density at radius 3 is 1.83 bits per heavy atom. The number of fused-ring (bicyclic) bond motifs is 1. The first kappa shape index (κ1) is 34.1. The summed E-state index contributed by atoms with van der Waals surface area (Å²) in [6.07, 6.45) is 6.67. The molecule has 0 radical (unpaired) electrons. The molecule has 2 aliphatic carbocycles. The molecular formula is C31H55N7O4. The van der Waals surface area contributed by atoms with E-state index in [-0.39, 0.29) is 47.3 Å². The van der Waals surface area contributed by atoms with Gasteiger partial charge in [0.1, 0.15) is 0 Å². The minimum Gasteiger partial charge on any atom is -0.356 e. The number of rotatable bonds is 16. The summed E-state index contributed by atoms with van der Waals surface area (Å²) >= 11 is 0. The quantitative estimate of drug-likeness (QED) is 0.144. The molecule has 3 N–H and O–H groups in total. The average Bonchev–Trinajstić information content (AvgIpc) is 3.00. The molecule has 11 heteroatoms. The highest BCUT2D eigenvalue weighted by Crippen LogP contribution is 2.33. The van der Waals surface area contributed by atoms with E-state index in [4.69, 9.17) is 0 Å². The average molecular weight is 590 g/mol. The molecule has 3 amide bonds. The van der Waals surface area contributed by atoms with Gasteiger partial charge >= 0.3 is 0 Å². The van der Waals surface area contributed by atoms with E-state index in [1.807, 2.05) is 0 Å². The van der Waals surface area contributed by atoms with Crippen LogP contribution in [0.1, 0.15) is 85.5 Å². The molecule has 42 heavy (non-hydrogen) atoms. The van der Waals surface area contributed by atoms with E-state index >= 15 is 0 Å². The van der Waals surface area contributed by atoms with Crippen LogP contribution in [-0.4, -0.2) is 104 Å². The van der Waals surface area contributed by atoms with Gasteiger partial charge in [-0.05, 0) is 84.2 Å². The van der Waals surface area contributed by atoms with Crippen LogP contribution >= 0.6 is 0 Å². The lowest BCUT2D eigenvalue weighted by molar-refractivity contribution is -0.139. The Labute approximate surface area is 252 Å². The Morgan fingerprint density at radius 1 is 0.786 bits per heavy atom. The molecule has 0 aromatic carbocycles. The van der Waals surface area contributed by atoms with Crippen LogP contribution in [-0.2, 0) is 19.2 Å². The molecule has 5 atom stereocenters. The maximum absolute atomic E-state index is 13.2. The molecule has 3 aliphatic rings. The molecule has 3 rings (SSSR count). The topological polar surface area (TPSA) is 136 Å². The second-order valence-corrected chi connectivity index (χ2v) is 12.1. The molecule has 0 aromatic rings. The van der Waals surface area contributed by atoms with Gasteiger partial charge in [0.25, 0.3) is 5.91 Å². The molecule has 11 nitrogen and oxygen atoms in total. The third-order valence-electron chi connectivity index (χ3n) is 9.44. The standard InChI is InChI=1S/C31H55N7O4/c1-5-37(6-2)17-11-15-32-29(40)22-19-23(30(41)33-16-12-18-38(7-3)8-4)21-24(20-22)35-36-27-28(39)25-13-9-10-14-26(25)34-31(27)42/h22-27H,5-21H2,1-4H3,(H,32,40)(H,33,41)(H,34,42). The van der Waals surface area contributed by atoms with E-state index in [1.165, 1.54) is 0 Å². The number of hydrogen-bond acceptors (Lipinski definition) is 8. The number of nitrogens with zero attached hydrogens (tertiary/aromatic N) is 4. The van der Waals surface area contributed by atoms with E-state index in [1.54, 1.807) is 0 Å². The van der Waals surface area contributed by atoms with Crippen LogP contribution < -0.4 is 16.0 Å². The number of piperidine rings is 1. The first-order valence-electron chi connectivity index (χ1n) is 16.5. The highest BCUT2D eigenvalue weighted by Gasteiger charge is 2.44. The first-order chi connectivity index (χ1) is 20.3. The number of carbonyl (C=O) groups is 4. The van der Waals surface area contributed by atoms with E-state index < -0.39 is 12.1 Å². The lowest BCUT2D eigenvalue weighted by atomic mass is 9.77. The summed E-state index contributed by atoms with van der Waals surface area (Å²) in [5.74, 6) is -1.60. The highest BCUT2D eigenvalue weighted by molar-refractivity contribution is 6.09. The largest absolute Gasteiger partial charge is 0.356 e. The third kappa shape index (κ3) is 9.82. The predicted molar refractivity (Wildman–Crippen MR) is 163 cm³/mol. The van der Waals surface area contributed by atoms with Crippen LogP contribution in [0.4, 0.5) is 0 Å². The van der Waals surface area contributed by atoms with Crippen LogP contribution in [0.5, 0.6) is 0 Å². The second kappa shape index (κ2) is 17.7. The fraction of sp³-hybridized carbons (Fsp3) is 0.871. The van der Waals surface area contributed by atoms with Crippen molar-refractivity contribution >= 4 is 23.5 Å². The van der Waals surface area contributed by atoms with Crippen LogP contribution in [0, 0.1) is 17.8 Å². The maximum atomic E-state index is 13.2. The van der Waals surface area contributed by atoms with Crippen molar-refractivity contribution in [2.45, 2.75) is 104 Å². The number of azo groups is 1. The van der Waals surface area contributed by atoms with Gasteiger partial charge in [-0.15, -0.1) is 0 Å². The van der Waals surface area contributed by atoms with Crippen molar-refractivity contribution in [2.24, 2.45) is 28.0 Å². The van der Waals surface area contributed by atoms with Crippen LogP contribution in [0.15, 0.2) is 10.2 Å². The van der Waals surface area contributed by atoms with E-state index in [9.17, 15) is 19.2 Å². The Hall–Kier alpha value is -2.40. The summed E-state index contributed by atoms with van der Waals surface area (Å²) in [4.78, 5) is 56.9. The van der Waals surface area contributed by atoms with E-state index in [0.29, 0.717) is 32.4 Å². The van der Waals surface area contributed by atoms with Crippen molar-refractivity contribution in [1.82, 2.24) is 25.8 Å². The molecule has 1 aliphatic heterocycles. The number of nitrogens with one attached hydrogen (secondary N) is 3. The normalized spacial score (nSPS) is 28.1. The Morgan fingerprint density at radius 2 is 1.31 bits per heavy atom. The Balaban J connectivity index is 1.62. The van der Waals surface area contributed by atoms with Gasteiger partial charge < -0.3 is 25.8 Å². The summed E-state index contributed by atoms with van der Waals surface area (Å²) in [5, 5.41) is 17.9. The molecule has 5 unspecified atom stereocenters. The number of Topliss-reactive ketones (excluding diaryl/α,β-unsaturated/α-hetero) is 1. The molecule has 1 heterocycles. The molecule has 0 bridgehead atoms. The molecular weight excluding hydrogens is 534 g/mol. The van der Waals surface area contributed by atoms with Gasteiger partial charge in [0.15, 0.2) is 5.78 Å². The molecule has 238 valence electrons. The Bertz CT molecular complexity index is 881. The summed E-state index contributed by atoms with van der Waals surface area (Å²) in [6.45, 7) is 15.5. The summed E-state index contributed by atoms with van der Waals surface area (Å²) in [6, 6.07) is -1.63. The fourth-order valence-corrected chi connectivity index (χ4v) is 6.72. The zero-order chi connectivity index (χ0) is 30.5. The van der Waals surface area contributed by atoms with Crippen LogP contribution in [0.3, 0.4) is 0 Å². The number of ketones is 1. The molecule has 1 saturated heterocycles. The highest BCUT2D eigenvalue weighted by atomic mass is 16.2. The van der Waals surface area contributed by atoms with Crippen LogP contribution in [0.25, 0.3) is 0 Å². The first-order valence-corrected chi connectivity index (χ1v) is 16.5. The van der Waals surface area contributed by atoms with Gasteiger partial charge in [0.05, 0.1) is 6.04 Å². The van der Waals surface area contributed by atoms with Gasteiger partial charge in [-0.2, -0.15) is 10.2 Å². The SMILES string of the molecule is CCN(CC)CCCNC(=O)C1CC(N=NC2C(=O)NC3CCCCC3C2=O)CC(C(=O)NCCCN(CC)CC)C1. The van der Waals surface area contributed by atoms with E-state index in [2.05, 4.69) is 63.7 Å². The molecule has 2 saturated carbocycles. The van der Waals surface area contributed by atoms with Gasteiger partial charge in [0.2, 0.25) is 17.9 Å². The minimum absolute atomic E-state index is 0.0645. The molecule has 0 spiro atoms. The predicted octanol–water partition coefficient (Wildman–Crippen LogP) is 2.55. The molecule has 3 fully saturated rings. The van der Waals surface area contributed by atoms with Gasteiger partial charge in [-0.3, -0.25) is 19.2 Å². The van der Waals surface area contributed by atoms with Crippen molar-refractivity contribution in [1.29, 1.82) is 0 Å². The second-order valence-electron chi connectivity index (χ2n) is 12.1. The van der Waals surface area contributed by atoms with Gasteiger partial charge in [-0.25, -0.2) is 0 Å². The fourth-order valence-electron chi connectivity index (χ4n) is 6.72. The Kier molecular flexibility index (Phi) is 14.3. The van der Waals surface area contributed by atoms with Crippen molar-refractivity contribution in [3.63, 3.8) is 0 Å². The number of carbonyl (C=O) groups excluding carboxylic acids is 4. The van der Waals surface area contributed by atoms with Crippen molar-refractivity contribution < 1.29 is 19.2 Å². The van der Waals surface area contributed by atoms with E-state index in [0.717, 1.165) is 77.8 Å². The van der Waals surface area contributed by atoms with Gasteiger partial charge in [0, 0.05) is 36.9 Å². The third-order valence-corrected chi connectivity index (χ3v) is 9.44. The lowest BCUT2D eigenvalue weighted by Crippen LogP contribution is -2.57. The van der Waals surface area contributed by atoms with Crippen LogP contribution in [0.2, 0.25) is 0 Å². The number of hydrogen-bond donors (Lipinski definition) is 3. The lowest BCUT2D eigenvalue weighted by Gasteiger charge is -2.36. The zero-order valence-corrected chi connectivity index (χ0v) is 26.4. The van der Waals surface area contributed by atoms with Crippen molar-refractivity contribution in [2.75, 3.05) is 52.4 Å². The van der Waals surface area contributed by atoms with Gasteiger partial charge in [-0.1, -0.05) is 40.5 Å². The minimum atomic E-state index is -1.13. The smallest absolute Gasteiger partial charge is 0.254 e. The summed E-state index contributed by atoms with van der Waals surface area (Å²) in [7, 11) is 0. The monoisotopic (exact) mass is 589 g/mol.